The Bertz CT molecular complexity index is 6120. The quantitative estimate of drug-likeness (QED) is 0.0201. The number of carbonyl (C=O) groups is 4. The zero-order chi connectivity index (χ0) is 97.6. The van der Waals surface area contributed by atoms with Crippen LogP contribution in [-0.4, -0.2) is 202 Å². The minimum absolute atomic E-state index is 0.0734. The molecule has 137 heavy (non-hydrogen) atoms. The van der Waals surface area contributed by atoms with Crippen LogP contribution in [0, 0.1) is 51.4 Å². The summed E-state index contributed by atoms with van der Waals surface area (Å²) < 4.78 is 42.4. The van der Waals surface area contributed by atoms with E-state index >= 15 is 0 Å². The standard InChI is InChI=1S/C25H33N7O3.C24H31N7O3.C24H30N6O4.C23H29N7O4/c1-15-20(35-17-8-6-7-16(13-17)23(33)34)10-9-18(28-15)22-19(32(5)31-30-22)14-27-24-26-12-11-21(29-24)25(2,3)4;1-14(2)18-10-11-25-24(28-18)26-13-20-22(29-30-31(20)4)19-8-9-21(15(3)27-19)34-17-7-5-6-16(12-17)23(32)33;1-4-12-33-22-10-11-25-21(27-22)14-19-23(28-29-30(19)3)18-8-9-20(15(2)26-18)34-17-7-5-6-16(13-17)24(31)32;1-4-33-20-10-11-24-23(27-20)25-13-18-21(28-29-30(18)3)17-8-9-19(14(2)26-17)34-16-7-5-6-15(12-16)22(31)32/h9-12,16-17H,6-8,13-14H2,1-5H3,(H,33,34)(H,26,27,29);8-11,14,16-17H,5-7,12-13H2,1-4H3,(H,32,33)(H,25,26,28);8-11,16-17H,4-7,12-14H2,1-3H3,(H,31,32);8-11,15-16H,4-7,12-13H2,1-3H3,(H,31,32)(H,24,25,27)/t3*16-,17-;15-,16-/m0000/s1. The van der Waals surface area contributed by atoms with Gasteiger partial charge in [0, 0.05) is 76.2 Å². The van der Waals surface area contributed by atoms with E-state index in [4.69, 9.17) is 48.4 Å². The highest BCUT2D eigenvalue weighted by Gasteiger charge is 2.34. The van der Waals surface area contributed by atoms with Gasteiger partial charge in [0.05, 0.1) is 161 Å². The van der Waals surface area contributed by atoms with Crippen molar-refractivity contribution in [1.29, 1.82) is 0 Å². The normalized spacial score (nSPS) is 18.1. The lowest BCUT2D eigenvalue weighted by atomic mass is 9.87. The number of carboxylic acids is 4. The van der Waals surface area contributed by atoms with E-state index in [2.05, 4.69) is 132 Å². The fraction of sp³-hybridized carbons (Fsp3) is 0.500. The lowest BCUT2D eigenvalue weighted by Crippen LogP contribution is -2.29. The van der Waals surface area contributed by atoms with Crippen LogP contribution in [0.4, 0.5) is 17.8 Å². The highest BCUT2D eigenvalue weighted by atomic mass is 16.5. The van der Waals surface area contributed by atoms with Crippen molar-refractivity contribution in [2.24, 2.45) is 51.9 Å². The molecule has 4 fully saturated rings. The summed E-state index contributed by atoms with van der Waals surface area (Å²) in [6.45, 7) is 24.4. The molecular formula is C96H123N27O14. The first-order chi connectivity index (χ1) is 65.8. The predicted octanol–water partition coefficient (Wildman–Crippen LogP) is 14.0. The minimum Gasteiger partial charge on any atom is -0.489 e. The van der Waals surface area contributed by atoms with Crippen LogP contribution in [0.15, 0.2) is 97.6 Å². The van der Waals surface area contributed by atoms with Gasteiger partial charge in [-0.1, -0.05) is 62.4 Å². The SMILES string of the molecule is CCCOc1ccnc(Cc2c(-c3ccc(O[C@H]4CCC[C@H](C(=O)O)C4)c(C)n3)nnn2C)n1.CCOc1ccnc(NCc2c(-c3ccc(O[C@H]4CCC[C@H](C(=O)O)C4)c(C)n3)nnn2C)n1.Cc1nc(-c2nnn(C)c2CNc2nccc(C(C)(C)C)n2)ccc1O[C@H]1CCC[C@H](C(=O)O)C1.Cc1nc(-c2nnn(C)c2CNc2nccc(C(C)C)n2)ccc1O[C@H]1CCC[C@H](C(=O)O)C1. The van der Waals surface area contributed by atoms with Crippen LogP contribution in [0.1, 0.15) is 226 Å². The number of nitrogens with zero attached hydrogens (tertiary/aromatic N) is 24. The summed E-state index contributed by atoms with van der Waals surface area (Å²) in [4.78, 5) is 99.5. The second-order valence-electron chi connectivity index (χ2n) is 35.9. The van der Waals surface area contributed by atoms with Crippen molar-refractivity contribution in [3.05, 3.63) is 160 Å². The summed E-state index contributed by atoms with van der Waals surface area (Å²) in [6, 6.07) is 22.2. The third kappa shape index (κ3) is 27.0. The van der Waals surface area contributed by atoms with Gasteiger partial charge in [-0.15, -0.1) is 20.4 Å². The Morgan fingerprint density at radius 2 is 0.730 bits per heavy atom. The maximum atomic E-state index is 11.4. The van der Waals surface area contributed by atoms with Gasteiger partial charge in [0.1, 0.15) is 51.6 Å². The Kier molecular flexibility index (Phi) is 34.1. The van der Waals surface area contributed by atoms with Crippen molar-refractivity contribution in [1.82, 2.24) is 120 Å². The largest absolute Gasteiger partial charge is 0.489 e. The predicted molar refractivity (Wildman–Crippen MR) is 505 cm³/mol. The Morgan fingerprint density at radius 1 is 0.401 bits per heavy atom. The molecule has 12 aromatic rings. The second kappa shape index (κ2) is 46.7. The summed E-state index contributed by atoms with van der Waals surface area (Å²) in [5.74, 6) is 1.80. The lowest BCUT2D eigenvalue weighted by Gasteiger charge is -2.27. The molecule has 726 valence electrons. The average Bonchev–Trinajstić information content (AvgIpc) is 1.71. The number of pyridine rings is 4. The summed E-state index contributed by atoms with van der Waals surface area (Å²) in [6.07, 6.45) is 19.4. The summed E-state index contributed by atoms with van der Waals surface area (Å²) in [7, 11) is 7.32. The molecule has 8 atom stereocenters. The van der Waals surface area contributed by atoms with Crippen molar-refractivity contribution in [3.8, 4) is 80.3 Å². The molecule has 12 heterocycles. The van der Waals surface area contributed by atoms with Gasteiger partial charge in [0.2, 0.25) is 29.6 Å². The van der Waals surface area contributed by atoms with Crippen molar-refractivity contribution in [2.45, 2.75) is 247 Å². The number of aliphatic carboxylic acids is 4. The first kappa shape index (κ1) is 100. The van der Waals surface area contributed by atoms with E-state index in [9.17, 15) is 39.6 Å². The van der Waals surface area contributed by atoms with Crippen LogP contribution in [0.2, 0.25) is 0 Å². The molecule has 41 nitrogen and oxygen atoms in total. The number of nitrogens with one attached hydrogen (secondary N) is 3. The average molecular weight is 1880 g/mol. The molecule has 4 aliphatic carbocycles. The number of ether oxygens (including phenoxy) is 6. The summed E-state index contributed by atoms with van der Waals surface area (Å²) in [5, 5.41) is 81.0. The van der Waals surface area contributed by atoms with E-state index in [0.29, 0.717) is 206 Å². The molecule has 7 N–H and O–H groups in total. The second-order valence-corrected chi connectivity index (χ2v) is 35.9. The van der Waals surface area contributed by atoms with E-state index in [1.807, 2.05) is 130 Å². The fourth-order valence-electron chi connectivity index (χ4n) is 16.6. The number of hydrogen-bond acceptors (Lipinski definition) is 33. The molecule has 0 saturated heterocycles. The molecule has 0 unspecified atom stereocenters. The topological polar surface area (TPSA) is 518 Å². The van der Waals surface area contributed by atoms with Gasteiger partial charge in [0.15, 0.2) is 0 Å². The molecule has 16 rings (SSSR count). The van der Waals surface area contributed by atoms with Gasteiger partial charge < -0.3 is 64.8 Å². The molecule has 0 aliphatic heterocycles. The van der Waals surface area contributed by atoms with Crippen LogP contribution in [0.25, 0.3) is 45.6 Å². The van der Waals surface area contributed by atoms with Crippen molar-refractivity contribution in [3.63, 3.8) is 0 Å². The highest BCUT2D eigenvalue weighted by Crippen LogP contribution is 2.38. The molecule has 0 bridgehead atoms. The maximum absolute atomic E-state index is 11.4. The zero-order valence-corrected chi connectivity index (χ0v) is 80.3. The van der Waals surface area contributed by atoms with E-state index in [0.717, 1.165) is 109 Å². The van der Waals surface area contributed by atoms with Gasteiger partial charge in [-0.3, -0.25) is 23.9 Å². The third-order valence-electron chi connectivity index (χ3n) is 24.3. The number of hydrogen-bond donors (Lipinski definition) is 7. The molecule has 0 spiro atoms. The highest BCUT2D eigenvalue weighted by molar-refractivity contribution is 5.72. The van der Waals surface area contributed by atoms with Crippen molar-refractivity contribution in [2.75, 3.05) is 29.2 Å². The molecule has 0 radical (unpaired) electrons. The Hall–Kier alpha value is -14.4. The van der Waals surface area contributed by atoms with Crippen LogP contribution in [-0.2, 0) is 78.8 Å². The Balaban J connectivity index is 0.000000154. The van der Waals surface area contributed by atoms with E-state index in [-0.39, 0.29) is 53.5 Å². The van der Waals surface area contributed by atoms with Crippen LogP contribution in [0.5, 0.6) is 34.8 Å². The van der Waals surface area contributed by atoms with Gasteiger partial charge >= 0.3 is 23.9 Å². The third-order valence-corrected chi connectivity index (χ3v) is 24.3. The molecule has 41 heteroatoms. The number of carboxylic acid groups (broad SMARTS) is 4. The fourth-order valence-corrected chi connectivity index (χ4v) is 16.6. The molecule has 12 aromatic heterocycles. The molecular weight excluding hydrogens is 1760 g/mol. The van der Waals surface area contributed by atoms with E-state index in [1.165, 1.54) is 0 Å². The van der Waals surface area contributed by atoms with Gasteiger partial charge in [-0.05, 0) is 210 Å². The zero-order valence-electron chi connectivity index (χ0n) is 80.3. The summed E-state index contributed by atoms with van der Waals surface area (Å²) >= 11 is 0. The lowest BCUT2D eigenvalue weighted by molar-refractivity contribution is -0.144. The molecule has 4 aliphatic rings. The Morgan fingerprint density at radius 3 is 1.07 bits per heavy atom. The van der Waals surface area contributed by atoms with Crippen LogP contribution >= 0.6 is 0 Å². The molecule has 0 amide bonds. The minimum atomic E-state index is -0.752. The first-order valence-electron chi connectivity index (χ1n) is 46.6. The summed E-state index contributed by atoms with van der Waals surface area (Å²) in [5.41, 5.74) is 13.5. The smallest absolute Gasteiger partial charge is 0.306 e. The molecule has 4 saturated carbocycles. The van der Waals surface area contributed by atoms with Crippen LogP contribution < -0.4 is 44.4 Å². The monoisotopic (exact) mass is 1880 g/mol. The van der Waals surface area contributed by atoms with E-state index in [1.54, 1.807) is 55.6 Å². The van der Waals surface area contributed by atoms with Gasteiger partial charge in [-0.25, -0.2) is 63.9 Å². The number of anilines is 3. The number of aryl methyl sites for hydroxylation is 8. The maximum Gasteiger partial charge on any atom is 0.306 e. The van der Waals surface area contributed by atoms with Gasteiger partial charge in [-0.2, -0.15) is 9.97 Å². The first-order valence-corrected chi connectivity index (χ1v) is 46.6. The number of rotatable bonds is 33. The number of aromatic nitrogens is 24. The molecule has 0 aromatic carbocycles. The van der Waals surface area contributed by atoms with Gasteiger partial charge in [0.25, 0.3) is 0 Å². The van der Waals surface area contributed by atoms with Crippen molar-refractivity contribution < 1.29 is 68.0 Å². The Labute approximate surface area is 794 Å². The van der Waals surface area contributed by atoms with Crippen molar-refractivity contribution >= 4 is 41.7 Å². The van der Waals surface area contributed by atoms with E-state index < -0.39 is 23.9 Å². The van der Waals surface area contributed by atoms with Crippen LogP contribution in [0.3, 0.4) is 0 Å².